The van der Waals surface area contributed by atoms with Gasteiger partial charge in [0.05, 0.1) is 0 Å². The molecule has 0 N–H and O–H groups in total. The van der Waals surface area contributed by atoms with E-state index in [4.69, 9.17) is 5.26 Å². The van der Waals surface area contributed by atoms with Crippen molar-refractivity contribution >= 4 is 17.8 Å². The van der Waals surface area contributed by atoms with E-state index >= 15 is 0 Å². The van der Waals surface area contributed by atoms with Crippen molar-refractivity contribution in [3.05, 3.63) is 54.6 Å². The molecule has 4 nitrogen and oxygen atoms in total. The summed E-state index contributed by atoms with van der Waals surface area (Å²) in [6.07, 6.45) is 3.35. The second-order valence-electron chi connectivity index (χ2n) is 6.23. The highest BCUT2D eigenvalue weighted by atomic mass is 32.2. The summed E-state index contributed by atoms with van der Waals surface area (Å²) in [5, 5.41) is 9.02. The summed E-state index contributed by atoms with van der Waals surface area (Å²) >= 11 is 1.81. The summed E-state index contributed by atoms with van der Waals surface area (Å²) < 4.78 is 4.78. The first kappa shape index (κ1) is 15.4. The molecule has 2 aromatic carbocycles. The lowest BCUT2D eigenvalue weighted by Crippen LogP contribution is -2.30. The molecule has 0 spiro atoms. The first-order chi connectivity index (χ1) is 11.8. The largest absolute Gasteiger partial charge is 0.309 e. The molecule has 24 heavy (non-hydrogen) atoms. The van der Waals surface area contributed by atoms with Crippen LogP contribution in [0.4, 0.5) is 5.69 Å². The lowest BCUT2D eigenvalue weighted by atomic mass is 10.1. The minimum Gasteiger partial charge on any atom is -0.309 e. The Kier molecular flexibility index (Phi) is 4.33. The lowest BCUT2D eigenvalue weighted by molar-refractivity contribution is 0.370. The highest BCUT2D eigenvalue weighted by Gasteiger charge is 2.33. The van der Waals surface area contributed by atoms with Crippen molar-refractivity contribution < 1.29 is 0 Å². The van der Waals surface area contributed by atoms with Crippen LogP contribution < -0.4 is 4.31 Å². The zero-order valence-corrected chi connectivity index (χ0v) is 14.3. The molecule has 0 radical (unpaired) electrons. The maximum atomic E-state index is 9.02. The Morgan fingerprint density at radius 3 is 2.38 bits per heavy atom. The van der Waals surface area contributed by atoms with E-state index < -0.39 is 0 Å². The summed E-state index contributed by atoms with van der Waals surface area (Å²) in [4.78, 5) is 1.86. The highest BCUT2D eigenvalue weighted by Crippen LogP contribution is 2.34. The van der Waals surface area contributed by atoms with Gasteiger partial charge in [-0.15, -0.1) is 0 Å². The van der Waals surface area contributed by atoms with Crippen LogP contribution in [0.1, 0.15) is 6.42 Å². The second-order valence-corrected chi connectivity index (χ2v) is 7.30. The summed E-state index contributed by atoms with van der Waals surface area (Å²) in [7, 11) is 0. The first-order valence-corrected chi connectivity index (χ1v) is 9.09. The maximum Gasteiger partial charge on any atom is 0.179 e. The van der Waals surface area contributed by atoms with E-state index in [1.54, 1.807) is 12.1 Å². The molecule has 1 unspecified atom stereocenters. The molecule has 0 aliphatic carbocycles. The lowest BCUT2D eigenvalue weighted by Gasteiger charge is -2.22. The number of benzene rings is 2. The van der Waals surface area contributed by atoms with E-state index in [0.29, 0.717) is 6.04 Å². The van der Waals surface area contributed by atoms with E-state index in [1.165, 1.54) is 16.8 Å². The predicted molar refractivity (Wildman–Crippen MR) is 99.1 cm³/mol. The fourth-order valence-electron chi connectivity index (χ4n) is 3.34. The summed E-state index contributed by atoms with van der Waals surface area (Å²) in [6, 6.07) is 19.8. The third-order valence-electron chi connectivity index (χ3n) is 4.70. The quantitative estimate of drug-likeness (QED) is 0.632. The van der Waals surface area contributed by atoms with Crippen molar-refractivity contribution in [2.45, 2.75) is 12.5 Å². The maximum absolute atomic E-state index is 9.02. The van der Waals surface area contributed by atoms with Crippen LogP contribution in [-0.2, 0) is 0 Å². The molecule has 2 fully saturated rings. The van der Waals surface area contributed by atoms with Gasteiger partial charge in [-0.25, -0.2) is 4.31 Å². The van der Waals surface area contributed by atoms with Gasteiger partial charge in [-0.3, -0.25) is 0 Å². The molecule has 0 amide bonds. The number of hydrogen-bond donors (Lipinski definition) is 0. The van der Waals surface area contributed by atoms with Crippen molar-refractivity contribution in [2.24, 2.45) is 0 Å². The van der Waals surface area contributed by atoms with E-state index in [9.17, 15) is 0 Å². The van der Waals surface area contributed by atoms with Gasteiger partial charge >= 0.3 is 0 Å². The fourth-order valence-corrected chi connectivity index (χ4v) is 4.44. The van der Waals surface area contributed by atoms with Gasteiger partial charge in [-0.05, 0) is 29.7 Å². The van der Waals surface area contributed by atoms with Gasteiger partial charge in [0.1, 0.15) is 0 Å². The van der Waals surface area contributed by atoms with Gasteiger partial charge in [0.15, 0.2) is 6.19 Å². The van der Waals surface area contributed by atoms with Crippen molar-refractivity contribution in [1.29, 1.82) is 5.26 Å². The van der Waals surface area contributed by atoms with Crippen molar-refractivity contribution in [3.8, 4) is 17.3 Å². The molecule has 4 rings (SSSR count). The molecule has 1 atom stereocenters. The minimum atomic E-state index is 0.489. The molecular weight excluding hydrogens is 316 g/mol. The van der Waals surface area contributed by atoms with Gasteiger partial charge in [-0.2, -0.15) is 5.26 Å². The summed E-state index contributed by atoms with van der Waals surface area (Å²) in [5.74, 6) is 0. The second kappa shape index (κ2) is 6.76. The van der Waals surface area contributed by atoms with Crippen LogP contribution in [0.2, 0.25) is 0 Å². The fraction of sp³-hybridized carbons (Fsp3) is 0.316. The third-order valence-corrected chi connectivity index (χ3v) is 5.98. The monoisotopic (exact) mass is 336 g/mol. The smallest absolute Gasteiger partial charge is 0.179 e. The van der Waals surface area contributed by atoms with Crippen LogP contribution >= 0.6 is 12.1 Å². The Labute approximate surface area is 147 Å². The summed E-state index contributed by atoms with van der Waals surface area (Å²) in [5.41, 5.74) is 3.75. The Balaban J connectivity index is 1.41. The third kappa shape index (κ3) is 3.08. The van der Waals surface area contributed by atoms with Gasteiger partial charge in [0.2, 0.25) is 0 Å². The topological polar surface area (TPSA) is 33.5 Å². The van der Waals surface area contributed by atoms with Gasteiger partial charge in [-0.1, -0.05) is 42.5 Å². The van der Waals surface area contributed by atoms with E-state index in [-0.39, 0.29) is 0 Å². The molecule has 2 aliphatic rings. The normalized spacial score (nSPS) is 21.2. The van der Waals surface area contributed by atoms with Gasteiger partial charge < -0.3 is 9.21 Å². The van der Waals surface area contributed by atoms with E-state index in [0.717, 1.165) is 32.6 Å². The number of rotatable bonds is 3. The van der Waals surface area contributed by atoms with Crippen molar-refractivity contribution in [2.75, 3.05) is 30.5 Å². The van der Waals surface area contributed by atoms with E-state index in [1.807, 2.05) is 11.0 Å². The van der Waals surface area contributed by atoms with Crippen LogP contribution in [0.15, 0.2) is 54.6 Å². The average Bonchev–Trinajstić information content (AvgIpc) is 3.32. The molecular formula is C19H20N4S. The Hall–Kier alpha value is -2.16. The number of nitriles is 1. The molecule has 122 valence electrons. The number of anilines is 1. The first-order valence-electron chi connectivity index (χ1n) is 8.36. The molecule has 0 saturated carbocycles. The van der Waals surface area contributed by atoms with Gasteiger partial charge in [0.25, 0.3) is 0 Å². The van der Waals surface area contributed by atoms with Gasteiger partial charge in [0, 0.05) is 50.0 Å². The number of hydrogen-bond acceptors (Lipinski definition) is 5. The highest BCUT2D eigenvalue weighted by molar-refractivity contribution is 7.98. The average molecular weight is 336 g/mol. The van der Waals surface area contributed by atoms with Crippen molar-refractivity contribution in [3.63, 3.8) is 0 Å². The SMILES string of the molecule is N#CN1CCC(N2CCN(c3ccc(-c4ccccc4)cc3)S2)C1. The van der Waals surface area contributed by atoms with Crippen LogP contribution in [-0.4, -0.2) is 41.4 Å². The summed E-state index contributed by atoms with van der Waals surface area (Å²) in [6.45, 7) is 3.84. The standard InChI is InChI=1S/C19H20N4S/c20-15-21-11-10-19(14-21)23-13-12-22(24-23)18-8-6-17(7-9-18)16-4-2-1-3-5-16/h1-9,19H,10-14H2. The molecule has 0 aromatic heterocycles. The molecule has 0 bridgehead atoms. The van der Waals surface area contributed by atoms with Crippen LogP contribution in [0.3, 0.4) is 0 Å². The zero-order valence-electron chi connectivity index (χ0n) is 13.5. The molecule has 2 aromatic rings. The van der Waals surface area contributed by atoms with E-state index in [2.05, 4.69) is 63.3 Å². The number of nitrogens with zero attached hydrogens (tertiary/aromatic N) is 4. The van der Waals surface area contributed by atoms with Crippen LogP contribution in [0, 0.1) is 11.5 Å². The molecule has 2 aliphatic heterocycles. The molecule has 2 saturated heterocycles. The Morgan fingerprint density at radius 2 is 1.67 bits per heavy atom. The zero-order chi connectivity index (χ0) is 16.4. The minimum absolute atomic E-state index is 0.489. The molecule has 2 heterocycles. The van der Waals surface area contributed by atoms with Crippen LogP contribution in [0.25, 0.3) is 11.1 Å². The Morgan fingerprint density at radius 1 is 0.917 bits per heavy atom. The van der Waals surface area contributed by atoms with Crippen LogP contribution in [0.5, 0.6) is 0 Å². The van der Waals surface area contributed by atoms with Crippen molar-refractivity contribution in [1.82, 2.24) is 9.21 Å². The Bertz CT molecular complexity index is 725. The number of likely N-dealkylation sites (tertiary alicyclic amines) is 1. The molecule has 5 heteroatoms. The predicted octanol–water partition coefficient (Wildman–Crippen LogP) is 3.59.